The second-order valence-corrected chi connectivity index (χ2v) is 7.33. The molecule has 9 heteroatoms. The van der Waals surface area contributed by atoms with E-state index in [1.807, 2.05) is 29.3 Å². The number of carbonyl (C=O) groups is 1. The number of nitrogens with zero attached hydrogens (tertiary/aromatic N) is 5. The van der Waals surface area contributed by atoms with E-state index in [4.69, 9.17) is 9.47 Å². The number of hydrogen-bond donors (Lipinski definition) is 1. The van der Waals surface area contributed by atoms with Gasteiger partial charge in [0.25, 0.3) is 5.78 Å². The molecule has 9 nitrogen and oxygen atoms in total. The average molecular weight is 394 g/mol. The highest BCUT2D eigenvalue weighted by Gasteiger charge is 2.24. The quantitative estimate of drug-likeness (QED) is 0.717. The molecule has 1 fully saturated rings. The topological polar surface area (TPSA) is 93.9 Å². The summed E-state index contributed by atoms with van der Waals surface area (Å²) in [7, 11) is 0. The second kappa shape index (κ2) is 7.57. The van der Waals surface area contributed by atoms with Gasteiger partial charge in [0.05, 0.1) is 6.42 Å². The number of hydrogen-bond acceptors (Lipinski definition) is 7. The molecule has 3 aromatic rings. The van der Waals surface area contributed by atoms with Gasteiger partial charge in [-0.1, -0.05) is 0 Å². The largest absolute Gasteiger partial charge is 0.486 e. The Bertz CT molecular complexity index is 1040. The molecule has 0 radical (unpaired) electrons. The number of anilines is 1. The van der Waals surface area contributed by atoms with Crippen molar-refractivity contribution in [2.45, 2.75) is 25.3 Å². The highest BCUT2D eigenvalue weighted by molar-refractivity contribution is 5.79. The van der Waals surface area contributed by atoms with Crippen molar-refractivity contribution in [2.24, 2.45) is 0 Å². The van der Waals surface area contributed by atoms with Crippen molar-refractivity contribution in [1.29, 1.82) is 0 Å². The Morgan fingerprint density at radius 2 is 2.10 bits per heavy atom. The summed E-state index contributed by atoms with van der Waals surface area (Å²) < 4.78 is 12.8. The summed E-state index contributed by atoms with van der Waals surface area (Å²) in [5.74, 6) is 2.17. The first-order valence-corrected chi connectivity index (χ1v) is 9.83. The second-order valence-electron chi connectivity index (χ2n) is 7.33. The number of fused-ring (bicyclic) bond motifs is 2. The Balaban J connectivity index is 1.22. The SMILES string of the molecule is O=C(Cc1cnc2ncnn2c1)N1CCCC(Nc2ccc3c(c2)OCCO3)C1. The van der Waals surface area contributed by atoms with Crippen LogP contribution in [0.1, 0.15) is 18.4 Å². The number of rotatable bonds is 4. The number of likely N-dealkylation sites (tertiary alicyclic amines) is 1. The maximum atomic E-state index is 12.8. The third-order valence-electron chi connectivity index (χ3n) is 5.23. The van der Waals surface area contributed by atoms with Crippen LogP contribution < -0.4 is 14.8 Å². The molecule has 0 bridgehead atoms. The molecule has 2 aromatic heterocycles. The van der Waals surface area contributed by atoms with Crippen molar-refractivity contribution < 1.29 is 14.3 Å². The third-order valence-corrected chi connectivity index (χ3v) is 5.23. The summed E-state index contributed by atoms with van der Waals surface area (Å²) in [5.41, 5.74) is 1.81. The Labute approximate surface area is 167 Å². The van der Waals surface area contributed by atoms with Crippen molar-refractivity contribution >= 4 is 17.4 Å². The van der Waals surface area contributed by atoms with Crippen LogP contribution in [-0.2, 0) is 11.2 Å². The van der Waals surface area contributed by atoms with Gasteiger partial charge in [-0.15, -0.1) is 0 Å². The summed E-state index contributed by atoms with van der Waals surface area (Å²) in [6.45, 7) is 2.60. The molecule has 2 aliphatic rings. The van der Waals surface area contributed by atoms with Crippen molar-refractivity contribution in [3.05, 3.63) is 42.5 Å². The van der Waals surface area contributed by atoms with Crippen molar-refractivity contribution in [2.75, 3.05) is 31.6 Å². The number of aromatic nitrogens is 4. The molecule has 29 heavy (non-hydrogen) atoms. The first-order valence-electron chi connectivity index (χ1n) is 9.83. The third kappa shape index (κ3) is 3.80. The molecule has 0 saturated carbocycles. The average Bonchev–Trinajstić information content (AvgIpc) is 3.22. The fraction of sp³-hybridized carbons (Fsp3) is 0.400. The van der Waals surface area contributed by atoms with Gasteiger partial charge in [-0.2, -0.15) is 10.1 Å². The number of ether oxygens (including phenoxy) is 2. The lowest BCUT2D eigenvalue weighted by atomic mass is 10.0. The van der Waals surface area contributed by atoms with Crippen LogP contribution in [0.5, 0.6) is 11.5 Å². The van der Waals surface area contributed by atoms with E-state index in [-0.39, 0.29) is 11.9 Å². The molecule has 4 heterocycles. The lowest BCUT2D eigenvalue weighted by molar-refractivity contribution is -0.131. The highest BCUT2D eigenvalue weighted by atomic mass is 16.6. The van der Waals surface area contributed by atoms with E-state index in [1.54, 1.807) is 10.7 Å². The number of nitrogens with one attached hydrogen (secondary N) is 1. The zero-order chi connectivity index (χ0) is 19.6. The Morgan fingerprint density at radius 3 is 3.03 bits per heavy atom. The zero-order valence-electron chi connectivity index (χ0n) is 16.0. The van der Waals surface area contributed by atoms with Crippen LogP contribution in [-0.4, -0.2) is 62.7 Å². The minimum atomic E-state index is 0.0972. The molecule has 1 saturated heterocycles. The molecule has 0 aliphatic carbocycles. The van der Waals surface area contributed by atoms with Gasteiger partial charge in [0.1, 0.15) is 19.5 Å². The lowest BCUT2D eigenvalue weighted by Gasteiger charge is -2.34. The van der Waals surface area contributed by atoms with E-state index in [0.717, 1.165) is 42.1 Å². The predicted octanol–water partition coefficient (Wildman–Crippen LogP) is 1.54. The van der Waals surface area contributed by atoms with Crippen LogP contribution in [0.4, 0.5) is 5.69 Å². The van der Waals surface area contributed by atoms with Crippen LogP contribution in [0.2, 0.25) is 0 Å². The summed E-state index contributed by atoms with van der Waals surface area (Å²) >= 11 is 0. The zero-order valence-corrected chi connectivity index (χ0v) is 16.0. The smallest absolute Gasteiger partial charge is 0.252 e. The van der Waals surface area contributed by atoms with E-state index >= 15 is 0 Å². The molecule has 1 N–H and O–H groups in total. The van der Waals surface area contributed by atoms with Gasteiger partial charge in [0.2, 0.25) is 5.91 Å². The number of carbonyl (C=O) groups excluding carboxylic acids is 1. The van der Waals surface area contributed by atoms with Gasteiger partial charge in [0.15, 0.2) is 11.5 Å². The van der Waals surface area contributed by atoms with Gasteiger partial charge in [-0.3, -0.25) is 4.79 Å². The fourth-order valence-electron chi connectivity index (χ4n) is 3.83. The summed E-state index contributed by atoms with van der Waals surface area (Å²) in [4.78, 5) is 23.0. The van der Waals surface area contributed by atoms with Crippen LogP contribution >= 0.6 is 0 Å². The molecular weight excluding hydrogens is 372 g/mol. The van der Waals surface area contributed by atoms with Crippen molar-refractivity contribution in [3.8, 4) is 11.5 Å². The van der Waals surface area contributed by atoms with E-state index in [2.05, 4.69) is 20.4 Å². The maximum absolute atomic E-state index is 12.8. The van der Waals surface area contributed by atoms with Crippen LogP contribution in [0.15, 0.2) is 36.9 Å². The normalized spacial score (nSPS) is 18.6. The molecule has 150 valence electrons. The molecule has 2 aliphatic heterocycles. The number of piperidine rings is 1. The molecule has 5 rings (SSSR count). The van der Waals surface area contributed by atoms with E-state index in [0.29, 0.717) is 32.0 Å². The lowest BCUT2D eigenvalue weighted by Crippen LogP contribution is -2.45. The minimum Gasteiger partial charge on any atom is -0.486 e. The first-order chi connectivity index (χ1) is 14.2. The Morgan fingerprint density at radius 1 is 1.21 bits per heavy atom. The van der Waals surface area contributed by atoms with Gasteiger partial charge < -0.3 is 19.7 Å². The monoisotopic (exact) mass is 394 g/mol. The van der Waals surface area contributed by atoms with Crippen molar-refractivity contribution in [3.63, 3.8) is 0 Å². The summed E-state index contributed by atoms with van der Waals surface area (Å²) in [5, 5.41) is 7.61. The number of amides is 1. The molecular formula is C20H22N6O3. The van der Waals surface area contributed by atoms with Crippen LogP contribution in [0.25, 0.3) is 5.78 Å². The number of benzene rings is 1. The molecule has 1 unspecified atom stereocenters. The van der Waals surface area contributed by atoms with Crippen molar-refractivity contribution in [1.82, 2.24) is 24.5 Å². The minimum absolute atomic E-state index is 0.0972. The van der Waals surface area contributed by atoms with Crippen LogP contribution in [0, 0.1) is 0 Å². The molecule has 0 spiro atoms. The Hall–Kier alpha value is -3.36. The summed E-state index contributed by atoms with van der Waals surface area (Å²) in [6, 6.07) is 6.09. The molecule has 1 aromatic carbocycles. The maximum Gasteiger partial charge on any atom is 0.252 e. The molecule has 1 amide bonds. The molecule has 1 atom stereocenters. The standard InChI is InChI=1S/C20H22N6O3/c27-19(8-14-10-21-20-22-13-23-26(20)11-14)25-5-1-2-16(12-25)24-15-3-4-17-18(9-15)29-7-6-28-17/h3-4,9-11,13,16,24H,1-2,5-8,12H2. The summed E-state index contributed by atoms with van der Waals surface area (Å²) in [6.07, 6.45) is 7.24. The van der Waals surface area contributed by atoms with Gasteiger partial charge in [0, 0.05) is 43.3 Å². The highest BCUT2D eigenvalue weighted by Crippen LogP contribution is 2.33. The van der Waals surface area contributed by atoms with Crippen LogP contribution in [0.3, 0.4) is 0 Å². The van der Waals surface area contributed by atoms with E-state index < -0.39 is 0 Å². The van der Waals surface area contributed by atoms with E-state index in [1.165, 1.54) is 6.33 Å². The first kappa shape index (κ1) is 17.7. The van der Waals surface area contributed by atoms with E-state index in [9.17, 15) is 4.79 Å². The Kier molecular flexibility index (Phi) is 4.63. The van der Waals surface area contributed by atoms with Gasteiger partial charge in [-0.25, -0.2) is 9.50 Å². The fourth-order valence-corrected chi connectivity index (χ4v) is 3.83. The predicted molar refractivity (Wildman–Crippen MR) is 105 cm³/mol. The van der Waals surface area contributed by atoms with Gasteiger partial charge in [-0.05, 0) is 30.5 Å². The van der Waals surface area contributed by atoms with Gasteiger partial charge >= 0.3 is 0 Å².